The minimum atomic E-state index is -0.838. The molecule has 0 aliphatic rings. The van der Waals surface area contributed by atoms with Gasteiger partial charge in [-0.2, -0.15) is 0 Å². The maximum Gasteiger partial charge on any atom is 0.396 e. The number of hydrogen-bond donors (Lipinski definition) is 3. The van der Waals surface area contributed by atoms with E-state index in [2.05, 4.69) is 10.3 Å². The maximum absolute atomic E-state index is 13.1. The van der Waals surface area contributed by atoms with E-state index in [1.165, 1.54) is 36.5 Å². The molecule has 0 aliphatic carbocycles. The fourth-order valence-electron chi connectivity index (χ4n) is 2.61. The summed E-state index contributed by atoms with van der Waals surface area (Å²) in [5.74, 6) is -0.111. The quantitative estimate of drug-likeness (QED) is 0.615. The van der Waals surface area contributed by atoms with Crippen molar-refractivity contribution in [3.8, 4) is 0 Å². The van der Waals surface area contributed by atoms with Crippen LogP contribution in [0.4, 0.5) is 26.6 Å². The van der Waals surface area contributed by atoms with Crippen LogP contribution in [0.5, 0.6) is 0 Å². The van der Waals surface area contributed by atoms with Crippen LogP contribution in [-0.2, 0) is 6.54 Å². The Morgan fingerprint density at radius 1 is 1.36 bits per heavy atom. The largest absolute Gasteiger partial charge is 0.396 e. The van der Waals surface area contributed by atoms with E-state index < -0.39 is 11.8 Å². The number of carbonyl (C=O) groups is 1. The van der Waals surface area contributed by atoms with E-state index in [0.717, 1.165) is 4.57 Å². The first kappa shape index (κ1) is 16.4. The van der Waals surface area contributed by atoms with Crippen molar-refractivity contribution in [2.24, 2.45) is 5.73 Å². The van der Waals surface area contributed by atoms with Crippen LogP contribution in [0, 0.1) is 5.82 Å². The fraction of sp³-hybridized carbons (Fsp3) is 0.125. The molecular formula is C16H16FN6O2+. The molecule has 0 aliphatic heterocycles. The number of anilines is 3. The topological polar surface area (TPSA) is 120 Å². The zero-order valence-electron chi connectivity index (χ0n) is 13.4. The number of primary amides is 1. The second-order valence-electron chi connectivity index (χ2n) is 5.30. The third-order valence-electron chi connectivity index (χ3n) is 3.73. The third kappa shape index (κ3) is 2.87. The van der Waals surface area contributed by atoms with E-state index in [1.54, 1.807) is 4.57 Å². The van der Waals surface area contributed by atoms with Gasteiger partial charge < -0.3 is 11.5 Å². The lowest BCUT2D eigenvalue weighted by molar-refractivity contribution is -0.531. The first-order valence-electron chi connectivity index (χ1n) is 7.49. The molecule has 0 spiro atoms. The molecule has 3 rings (SSSR count). The molecule has 2 aromatic heterocycles. The number of benzene rings is 1. The van der Waals surface area contributed by atoms with Crippen LogP contribution in [0.3, 0.4) is 0 Å². The van der Waals surface area contributed by atoms with Crippen LogP contribution >= 0.6 is 0 Å². The van der Waals surface area contributed by atoms with Gasteiger partial charge in [-0.3, -0.25) is 14.7 Å². The van der Waals surface area contributed by atoms with Gasteiger partial charge in [0.25, 0.3) is 0 Å². The Balaban J connectivity index is 2.29. The van der Waals surface area contributed by atoms with Crippen molar-refractivity contribution >= 4 is 34.5 Å². The summed E-state index contributed by atoms with van der Waals surface area (Å²) in [5, 5.41) is 3.10. The van der Waals surface area contributed by atoms with Gasteiger partial charge in [-0.15, -0.1) is 9.55 Å². The number of pyridine rings is 1. The number of rotatable bonds is 3. The summed E-state index contributed by atoms with van der Waals surface area (Å²) >= 11 is 0. The second-order valence-corrected chi connectivity index (χ2v) is 5.30. The van der Waals surface area contributed by atoms with Crippen LogP contribution in [0.2, 0.25) is 0 Å². The molecule has 0 atom stereocenters. The maximum atomic E-state index is 13.1. The average Bonchev–Trinajstić information content (AvgIpc) is 2.56. The lowest BCUT2D eigenvalue weighted by atomic mass is 10.3. The lowest BCUT2D eigenvalue weighted by Crippen LogP contribution is -2.52. The monoisotopic (exact) mass is 343 g/mol. The molecule has 1 aromatic carbocycles. The number of aromatic nitrogens is 3. The van der Waals surface area contributed by atoms with Gasteiger partial charge >= 0.3 is 12.0 Å². The number of nitrogens with two attached hydrogens (primary N) is 2. The Bertz CT molecular complexity index is 1030. The molecule has 25 heavy (non-hydrogen) atoms. The minimum Gasteiger partial charge on any atom is -0.378 e. The van der Waals surface area contributed by atoms with E-state index >= 15 is 0 Å². The summed E-state index contributed by atoms with van der Waals surface area (Å²) in [7, 11) is 0. The first-order valence-corrected chi connectivity index (χ1v) is 7.49. The third-order valence-corrected chi connectivity index (χ3v) is 3.73. The molecule has 128 valence electrons. The van der Waals surface area contributed by atoms with Gasteiger partial charge in [0.1, 0.15) is 17.0 Å². The fourth-order valence-corrected chi connectivity index (χ4v) is 2.61. The standard InChI is InChI=1S/C16H15FN6O2/c1-2-22-13(18)7-12(24)11-8-20-16(23(14(11)22)15(19)25)21-10-5-3-9(17)4-6-10/h3-8H,2H2,1H3,(H4,18,19,24,25)/p+1. The van der Waals surface area contributed by atoms with Gasteiger partial charge in [-0.25, -0.2) is 9.18 Å². The molecule has 3 aromatic rings. The normalized spacial score (nSPS) is 10.8. The highest BCUT2D eigenvalue weighted by Gasteiger charge is 2.23. The number of nitrogens with one attached hydrogen (secondary N) is 1. The van der Waals surface area contributed by atoms with Crippen LogP contribution in [-0.4, -0.2) is 15.6 Å². The number of carbonyl (C=O) groups excluding carboxylic acids is 1. The second kappa shape index (κ2) is 6.19. The Morgan fingerprint density at radius 2 is 2.04 bits per heavy atom. The lowest BCUT2D eigenvalue weighted by Gasteiger charge is -2.13. The van der Waals surface area contributed by atoms with Gasteiger partial charge in [0, 0.05) is 12.6 Å². The predicted octanol–water partition coefficient (Wildman–Crippen LogP) is 1.10. The van der Waals surface area contributed by atoms with Crippen molar-refractivity contribution in [2.45, 2.75) is 13.5 Å². The zero-order valence-corrected chi connectivity index (χ0v) is 13.4. The molecule has 1 amide bonds. The van der Waals surface area contributed by atoms with Gasteiger partial charge in [-0.1, -0.05) is 0 Å². The number of amides is 1. The molecule has 0 unspecified atom stereocenters. The van der Waals surface area contributed by atoms with Gasteiger partial charge in [-0.05, 0) is 31.2 Å². The molecule has 0 saturated carbocycles. The highest BCUT2D eigenvalue weighted by Crippen LogP contribution is 2.16. The highest BCUT2D eigenvalue weighted by atomic mass is 19.1. The van der Waals surface area contributed by atoms with Gasteiger partial charge in [0.15, 0.2) is 5.43 Å². The Morgan fingerprint density at radius 3 is 2.64 bits per heavy atom. The SMILES string of the molecule is CCn1c(N)cc(=O)c2cnc(Nc3ccc(F)cc3)[n+](C(N)=O)c21. The predicted molar refractivity (Wildman–Crippen MR) is 90.9 cm³/mol. The summed E-state index contributed by atoms with van der Waals surface area (Å²) in [4.78, 5) is 28.4. The van der Waals surface area contributed by atoms with E-state index in [4.69, 9.17) is 11.5 Å². The van der Waals surface area contributed by atoms with Gasteiger partial charge in [0.05, 0.1) is 11.9 Å². The number of nitrogen functional groups attached to an aromatic ring is 1. The molecule has 0 fully saturated rings. The van der Waals surface area contributed by atoms with E-state index in [-0.39, 0.29) is 28.2 Å². The smallest absolute Gasteiger partial charge is 0.378 e. The zero-order chi connectivity index (χ0) is 18.1. The van der Waals surface area contributed by atoms with Crippen molar-refractivity contribution in [1.82, 2.24) is 9.55 Å². The number of fused-ring (bicyclic) bond motifs is 1. The van der Waals surface area contributed by atoms with Crippen molar-refractivity contribution < 1.29 is 13.8 Å². The number of hydrogen-bond acceptors (Lipinski definition) is 5. The van der Waals surface area contributed by atoms with Crippen LogP contribution in [0.1, 0.15) is 6.92 Å². The summed E-state index contributed by atoms with van der Waals surface area (Å²) in [6.45, 7) is 2.23. The molecular weight excluding hydrogens is 327 g/mol. The van der Waals surface area contributed by atoms with Crippen LogP contribution in [0.15, 0.2) is 41.3 Å². The minimum absolute atomic E-state index is 0.0822. The van der Waals surface area contributed by atoms with E-state index in [9.17, 15) is 14.0 Å². The summed E-state index contributed by atoms with van der Waals surface area (Å²) in [6.07, 6.45) is 1.34. The summed E-state index contributed by atoms with van der Waals surface area (Å²) in [5.41, 5.74) is 11.8. The molecule has 0 saturated heterocycles. The van der Waals surface area contributed by atoms with Crippen LogP contribution < -0.4 is 26.8 Å². The van der Waals surface area contributed by atoms with Crippen molar-refractivity contribution in [3.05, 3.63) is 52.6 Å². The molecule has 9 heteroatoms. The summed E-state index contributed by atoms with van der Waals surface area (Å²) < 4.78 is 15.7. The number of nitrogens with zero attached hydrogens (tertiary/aromatic N) is 3. The van der Waals surface area contributed by atoms with Crippen LogP contribution in [0.25, 0.3) is 11.0 Å². The van der Waals surface area contributed by atoms with Gasteiger partial charge in [0.2, 0.25) is 5.65 Å². The molecule has 8 nitrogen and oxygen atoms in total. The summed E-state index contributed by atoms with van der Waals surface area (Å²) in [6, 6.07) is 5.93. The molecule has 0 radical (unpaired) electrons. The molecule has 0 bridgehead atoms. The first-order chi connectivity index (χ1) is 11.9. The van der Waals surface area contributed by atoms with E-state index in [1.807, 2.05) is 6.92 Å². The Hall–Kier alpha value is -3.49. The Labute approximate surface area is 141 Å². The van der Waals surface area contributed by atoms with Crippen molar-refractivity contribution in [3.63, 3.8) is 0 Å². The van der Waals surface area contributed by atoms with Crippen molar-refractivity contribution in [2.75, 3.05) is 11.1 Å². The van der Waals surface area contributed by atoms with E-state index in [0.29, 0.717) is 12.2 Å². The number of aryl methyl sites for hydroxylation is 1. The number of halogens is 1. The highest BCUT2D eigenvalue weighted by molar-refractivity contribution is 5.79. The molecule has 5 N–H and O–H groups in total. The van der Waals surface area contributed by atoms with Crippen molar-refractivity contribution in [1.29, 1.82) is 0 Å². The Kier molecular flexibility index (Phi) is 4.05. The average molecular weight is 343 g/mol. The molecule has 2 heterocycles.